The van der Waals surface area contributed by atoms with Gasteiger partial charge in [-0.2, -0.15) is 8.78 Å². The third-order valence-corrected chi connectivity index (χ3v) is 4.43. The van der Waals surface area contributed by atoms with Gasteiger partial charge < -0.3 is 10.1 Å². The highest BCUT2D eigenvalue weighted by Gasteiger charge is 2.21. The smallest absolute Gasteiger partial charge is 0.387 e. The number of alkyl halides is 2. The molecule has 0 amide bonds. The molecule has 1 aliphatic carbocycles. The standard InChI is InChI=1S/C17H25F2NO/c1-12-6-4-3-5-7-16(12)20-13(2)14-8-10-15(11-9-14)21-17(18)19/h8-13,16-17,20H,3-7H2,1-2H3. The third-order valence-electron chi connectivity index (χ3n) is 4.43. The van der Waals surface area contributed by atoms with Crippen molar-refractivity contribution in [2.75, 3.05) is 0 Å². The molecule has 0 spiro atoms. The van der Waals surface area contributed by atoms with Gasteiger partial charge in [0, 0.05) is 12.1 Å². The second kappa shape index (κ2) is 7.74. The lowest BCUT2D eigenvalue weighted by Crippen LogP contribution is -2.36. The lowest BCUT2D eigenvalue weighted by atomic mass is 9.95. The summed E-state index contributed by atoms with van der Waals surface area (Å²) in [6.45, 7) is 1.67. The number of rotatable bonds is 5. The van der Waals surface area contributed by atoms with Gasteiger partial charge in [-0.1, -0.05) is 38.3 Å². The molecule has 0 saturated heterocycles. The van der Waals surface area contributed by atoms with Crippen LogP contribution in [0, 0.1) is 5.92 Å². The van der Waals surface area contributed by atoms with Gasteiger partial charge in [-0.3, -0.25) is 0 Å². The number of ether oxygens (including phenoxy) is 1. The number of benzene rings is 1. The molecule has 118 valence electrons. The third kappa shape index (κ3) is 4.95. The average Bonchev–Trinajstić information content (AvgIpc) is 2.64. The van der Waals surface area contributed by atoms with Crippen LogP contribution in [0.25, 0.3) is 0 Å². The SMILES string of the molecule is CC(NC1CCCCCC1C)c1ccc(OC(F)F)cc1. The molecule has 0 bridgehead atoms. The number of hydrogen-bond acceptors (Lipinski definition) is 2. The van der Waals surface area contributed by atoms with Gasteiger partial charge in [0.15, 0.2) is 0 Å². The molecule has 0 aliphatic heterocycles. The first-order valence-corrected chi connectivity index (χ1v) is 7.87. The van der Waals surface area contributed by atoms with Crippen molar-refractivity contribution in [3.63, 3.8) is 0 Å². The normalized spacial score (nSPS) is 24.6. The van der Waals surface area contributed by atoms with E-state index >= 15 is 0 Å². The summed E-state index contributed by atoms with van der Waals surface area (Å²) in [5, 5.41) is 3.70. The maximum absolute atomic E-state index is 12.1. The van der Waals surface area contributed by atoms with E-state index in [1.165, 1.54) is 32.1 Å². The van der Waals surface area contributed by atoms with E-state index in [-0.39, 0.29) is 11.8 Å². The van der Waals surface area contributed by atoms with E-state index in [1.807, 2.05) is 12.1 Å². The first-order valence-electron chi connectivity index (χ1n) is 7.87. The maximum atomic E-state index is 12.1. The molecule has 2 nitrogen and oxygen atoms in total. The number of nitrogens with one attached hydrogen (secondary N) is 1. The molecule has 1 fully saturated rings. The Morgan fingerprint density at radius 2 is 1.76 bits per heavy atom. The molecule has 0 aromatic heterocycles. The summed E-state index contributed by atoms with van der Waals surface area (Å²) < 4.78 is 28.6. The molecule has 1 aromatic rings. The monoisotopic (exact) mass is 297 g/mol. The Morgan fingerprint density at radius 1 is 1.10 bits per heavy atom. The Balaban J connectivity index is 1.94. The zero-order valence-corrected chi connectivity index (χ0v) is 12.8. The minimum absolute atomic E-state index is 0.212. The zero-order chi connectivity index (χ0) is 15.2. The van der Waals surface area contributed by atoms with Gasteiger partial charge >= 0.3 is 6.61 Å². The minimum atomic E-state index is -2.77. The lowest BCUT2D eigenvalue weighted by molar-refractivity contribution is -0.0498. The zero-order valence-electron chi connectivity index (χ0n) is 12.8. The van der Waals surface area contributed by atoms with E-state index in [9.17, 15) is 8.78 Å². The summed E-state index contributed by atoms with van der Waals surface area (Å²) in [5.74, 6) is 0.903. The lowest BCUT2D eigenvalue weighted by Gasteiger charge is -2.27. The molecule has 1 saturated carbocycles. The molecule has 21 heavy (non-hydrogen) atoms. The van der Waals surface area contributed by atoms with Crippen molar-refractivity contribution < 1.29 is 13.5 Å². The second-order valence-electron chi connectivity index (χ2n) is 6.06. The second-order valence-corrected chi connectivity index (χ2v) is 6.06. The van der Waals surface area contributed by atoms with Crippen molar-refractivity contribution in [1.82, 2.24) is 5.32 Å². The van der Waals surface area contributed by atoms with Crippen LogP contribution in [0.1, 0.15) is 57.6 Å². The highest BCUT2D eigenvalue weighted by molar-refractivity contribution is 5.29. The summed E-state index contributed by atoms with van der Waals surface area (Å²) in [6.07, 6.45) is 6.45. The van der Waals surface area contributed by atoms with Gasteiger partial charge in [0.2, 0.25) is 0 Å². The van der Waals surface area contributed by atoms with E-state index in [1.54, 1.807) is 12.1 Å². The summed E-state index contributed by atoms with van der Waals surface area (Å²) >= 11 is 0. The van der Waals surface area contributed by atoms with Crippen molar-refractivity contribution >= 4 is 0 Å². The predicted molar refractivity (Wildman–Crippen MR) is 80.7 cm³/mol. The van der Waals surface area contributed by atoms with Crippen LogP contribution in [-0.2, 0) is 0 Å². The molecule has 0 radical (unpaired) electrons. The van der Waals surface area contributed by atoms with Crippen LogP contribution in [0.15, 0.2) is 24.3 Å². The van der Waals surface area contributed by atoms with E-state index in [0.717, 1.165) is 5.56 Å². The summed E-state index contributed by atoms with van der Waals surface area (Å²) in [5.41, 5.74) is 1.10. The fraction of sp³-hybridized carbons (Fsp3) is 0.647. The number of halogens is 2. The van der Waals surface area contributed by atoms with E-state index in [0.29, 0.717) is 12.0 Å². The summed E-state index contributed by atoms with van der Waals surface area (Å²) in [7, 11) is 0. The quantitative estimate of drug-likeness (QED) is 0.780. The van der Waals surface area contributed by atoms with Crippen molar-refractivity contribution in [2.24, 2.45) is 5.92 Å². The number of hydrogen-bond donors (Lipinski definition) is 1. The predicted octanol–water partition coefficient (Wildman–Crippen LogP) is 4.91. The van der Waals surface area contributed by atoms with Crippen molar-refractivity contribution in [1.29, 1.82) is 0 Å². The van der Waals surface area contributed by atoms with Gasteiger partial charge in [0.1, 0.15) is 5.75 Å². The molecule has 1 aromatic carbocycles. The van der Waals surface area contributed by atoms with Crippen LogP contribution in [-0.4, -0.2) is 12.7 Å². The topological polar surface area (TPSA) is 21.3 Å². The van der Waals surface area contributed by atoms with Crippen LogP contribution in [0.4, 0.5) is 8.78 Å². The first-order chi connectivity index (χ1) is 10.1. The molecule has 1 N–H and O–H groups in total. The fourth-order valence-corrected chi connectivity index (χ4v) is 3.10. The van der Waals surface area contributed by atoms with Crippen molar-refractivity contribution in [3.05, 3.63) is 29.8 Å². The molecule has 3 atom stereocenters. The van der Waals surface area contributed by atoms with Crippen LogP contribution >= 0.6 is 0 Å². The van der Waals surface area contributed by atoms with E-state index in [2.05, 4.69) is 23.9 Å². The Bertz CT molecular complexity index is 421. The van der Waals surface area contributed by atoms with Gasteiger partial charge in [-0.15, -0.1) is 0 Å². The van der Waals surface area contributed by atoms with Crippen molar-refractivity contribution in [2.45, 2.75) is 64.6 Å². The summed E-state index contributed by atoms with van der Waals surface area (Å²) in [4.78, 5) is 0. The maximum Gasteiger partial charge on any atom is 0.387 e. The molecular formula is C17H25F2NO. The van der Waals surface area contributed by atoms with Crippen molar-refractivity contribution in [3.8, 4) is 5.75 Å². The van der Waals surface area contributed by atoms with E-state index < -0.39 is 6.61 Å². The molecule has 3 unspecified atom stereocenters. The van der Waals surface area contributed by atoms with Gasteiger partial charge in [-0.25, -0.2) is 0 Å². The van der Waals surface area contributed by atoms with Crippen LogP contribution in [0.5, 0.6) is 5.75 Å². The Kier molecular flexibility index (Phi) is 5.97. The first kappa shape index (κ1) is 16.2. The molecule has 1 aliphatic rings. The summed E-state index contributed by atoms with van der Waals surface area (Å²) in [6, 6.07) is 7.69. The highest BCUT2D eigenvalue weighted by atomic mass is 19.3. The average molecular weight is 297 g/mol. The van der Waals surface area contributed by atoms with Crippen LogP contribution < -0.4 is 10.1 Å². The van der Waals surface area contributed by atoms with Gasteiger partial charge in [0.25, 0.3) is 0 Å². The fourth-order valence-electron chi connectivity index (χ4n) is 3.10. The Labute approximate surface area is 125 Å². The molecule has 2 rings (SSSR count). The van der Waals surface area contributed by atoms with E-state index in [4.69, 9.17) is 0 Å². The Morgan fingerprint density at radius 3 is 2.43 bits per heavy atom. The van der Waals surface area contributed by atoms with Crippen LogP contribution in [0.3, 0.4) is 0 Å². The molecule has 4 heteroatoms. The molecule has 0 heterocycles. The minimum Gasteiger partial charge on any atom is -0.435 e. The highest BCUT2D eigenvalue weighted by Crippen LogP contribution is 2.26. The van der Waals surface area contributed by atoms with Gasteiger partial charge in [-0.05, 0) is 43.4 Å². The Hall–Kier alpha value is -1.16. The van der Waals surface area contributed by atoms with Crippen LogP contribution in [0.2, 0.25) is 0 Å². The largest absolute Gasteiger partial charge is 0.435 e. The molecular weight excluding hydrogens is 272 g/mol. The van der Waals surface area contributed by atoms with Gasteiger partial charge in [0.05, 0.1) is 0 Å².